The maximum Gasteiger partial charge on any atom is 0.417 e. The van der Waals surface area contributed by atoms with Gasteiger partial charge in [-0.25, -0.2) is 4.98 Å². The average Bonchev–Trinajstić information content (AvgIpc) is 3.32. The van der Waals surface area contributed by atoms with Crippen LogP contribution in [0.3, 0.4) is 0 Å². The van der Waals surface area contributed by atoms with Crippen molar-refractivity contribution in [3.63, 3.8) is 0 Å². The van der Waals surface area contributed by atoms with Gasteiger partial charge in [0, 0.05) is 24.4 Å². The van der Waals surface area contributed by atoms with E-state index >= 15 is 0 Å². The van der Waals surface area contributed by atoms with E-state index in [1.807, 2.05) is 13.0 Å². The van der Waals surface area contributed by atoms with E-state index < -0.39 is 17.7 Å². The molecule has 0 aliphatic rings. The fraction of sp³-hybridized carbons (Fsp3) is 0.200. The first-order valence-electron chi connectivity index (χ1n) is 9.03. The minimum Gasteiger partial charge on any atom is -0.481 e. The molecule has 7 nitrogen and oxygen atoms in total. The van der Waals surface area contributed by atoms with Crippen molar-refractivity contribution in [2.75, 3.05) is 0 Å². The summed E-state index contributed by atoms with van der Waals surface area (Å²) in [6.07, 6.45) is -1.91. The Morgan fingerprint density at radius 3 is 2.61 bits per heavy atom. The number of carboxylic acid groups (broad SMARTS) is 1. The highest BCUT2D eigenvalue weighted by Gasteiger charge is 2.32. The van der Waals surface area contributed by atoms with Gasteiger partial charge in [0.05, 0.1) is 10.6 Å². The second-order valence-corrected chi connectivity index (χ2v) is 7.29. The van der Waals surface area contributed by atoms with E-state index in [1.54, 1.807) is 12.1 Å². The summed E-state index contributed by atoms with van der Waals surface area (Å²) in [4.78, 5) is 14.9. The monoisotopic (exact) mass is 450 g/mol. The Labute approximate surface area is 178 Å². The number of carboxylic acids is 1. The number of fused-ring (bicyclic) bond motifs is 1. The molecule has 11 heteroatoms. The zero-order valence-corrected chi connectivity index (χ0v) is 16.7. The van der Waals surface area contributed by atoms with Crippen LogP contribution in [0.1, 0.15) is 23.1 Å². The Hall–Kier alpha value is -3.40. The van der Waals surface area contributed by atoms with Gasteiger partial charge in [-0.15, -0.1) is 10.2 Å². The Kier molecular flexibility index (Phi) is 5.18. The van der Waals surface area contributed by atoms with Crippen molar-refractivity contribution in [3.8, 4) is 23.0 Å². The van der Waals surface area contributed by atoms with Crippen LogP contribution in [-0.2, 0) is 17.4 Å². The number of benzene rings is 1. The number of rotatable bonds is 5. The molecule has 0 saturated carbocycles. The molecule has 4 rings (SSSR count). The fourth-order valence-electron chi connectivity index (χ4n) is 3.12. The molecule has 0 spiro atoms. The van der Waals surface area contributed by atoms with E-state index in [9.17, 15) is 18.0 Å². The third kappa shape index (κ3) is 4.24. The molecular weight excluding hydrogens is 437 g/mol. The standard InChI is InChI=1S/C20H14ClF3N4O3/c1-10-6-11(3-5-16(29)30)2-4-13(10)18-26-27-19(31-18)15-9-28-8-12(20(22,23)24)7-14(21)17(28)25-15/h2,4,6-9H,3,5H2,1H3,(H,29,30). The highest BCUT2D eigenvalue weighted by Crippen LogP contribution is 2.33. The first kappa shape index (κ1) is 20.9. The highest BCUT2D eigenvalue weighted by molar-refractivity contribution is 6.33. The molecule has 0 atom stereocenters. The van der Waals surface area contributed by atoms with E-state index in [0.717, 1.165) is 27.8 Å². The minimum absolute atomic E-state index is 0.0238. The lowest BCUT2D eigenvalue weighted by Crippen LogP contribution is -2.06. The van der Waals surface area contributed by atoms with E-state index in [0.29, 0.717) is 12.0 Å². The van der Waals surface area contributed by atoms with Crippen molar-refractivity contribution in [2.45, 2.75) is 25.9 Å². The predicted octanol–water partition coefficient (Wildman–Crippen LogP) is 5.05. The summed E-state index contributed by atoms with van der Waals surface area (Å²) in [6, 6.07) is 6.17. The zero-order chi connectivity index (χ0) is 22.3. The normalized spacial score (nSPS) is 11.9. The highest BCUT2D eigenvalue weighted by atomic mass is 35.5. The van der Waals surface area contributed by atoms with Gasteiger partial charge in [-0.3, -0.25) is 4.79 Å². The fourth-order valence-corrected chi connectivity index (χ4v) is 3.38. The number of aromatic nitrogens is 4. The maximum absolute atomic E-state index is 13.0. The molecule has 0 radical (unpaired) electrons. The number of imidazole rings is 1. The van der Waals surface area contributed by atoms with Crippen LogP contribution in [-0.4, -0.2) is 30.7 Å². The summed E-state index contributed by atoms with van der Waals surface area (Å²) < 4.78 is 45.9. The van der Waals surface area contributed by atoms with Crippen LogP contribution in [0.25, 0.3) is 28.7 Å². The van der Waals surface area contributed by atoms with Crippen LogP contribution in [0.4, 0.5) is 13.2 Å². The molecule has 3 aromatic heterocycles. The van der Waals surface area contributed by atoms with Gasteiger partial charge in [-0.05, 0) is 36.6 Å². The van der Waals surface area contributed by atoms with E-state index in [-0.39, 0.29) is 34.6 Å². The third-order valence-electron chi connectivity index (χ3n) is 4.63. The summed E-state index contributed by atoms with van der Waals surface area (Å²) >= 11 is 5.96. The number of hydrogen-bond acceptors (Lipinski definition) is 5. The number of alkyl halides is 3. The van der Waals surface area contributed by atoms with Crippen molar-refractivity contribution < 1.29 is 27.5 Å². The molecule has 4 aromatic rings. The first-order chi connectivity index (χ1) is 14.6. The molecule has 1 aromatic carbocycles. The van der Waals surface area contributed by atoms with Crippen LogP contribution in [0.15, 0.2) is 41.1 Å². The number of halogens is 4. The molecule has 0 saturated heterocycles. The molecule has 0 aliphatic heterocycles. The van der Waals surface area contributed by atoms with Gasteiger partial charge in [0.2, 0.25) is 5.89 Å². The van der Waals surface area contributed by atoms with Gasteiger partial charge in [-0.1, -0.05) is 23.7 Å². The maximum atomic E-state index is 13.0. The second kappa shape index (κ2) is 7.69. The van der Waals surface area contributed by atoms with Crippen LogP contribution in [0.5, 0.6) is 0 Å². The average molecular weight is 451 g/mol. The molecular formula is C20H14ClF3N4O3. The van der Waals surface area contributed by atoms with E-state index in [4.69, 9.17) is 21.1 Å². The van der Waals surface area contributed by atoms with Crippen LogP contribution in [0.2, 0.25) is 5.02 Å². The van der Waals surface area contributed by atoms with Crippen molar-refractivity contribution in [1.29, 1.82) is 0 Å². The molecule has 160 valence electrons. The summed E-state index contributed by atoms with van der Waals surface area (Å²) in [5.74, 6) is -0.646. The number of carbonyl (C=O) groups is 1. The lowest BCUT2D eigenvalue weighted by atomic mass is 10.0. The lowest BCUT2D eigenvalue weighted by Gasteiger charge is -2.07. The van der Waals surface area contributed by atoms with Gasteiger partial charge in [0.1, 0.15) is 5.69 Å². The quantitative estimate of drug-likeness (QED) is 0.457. The number of aryl methyl sites for hydroxylation is 2. The Morgan fingerprint density at radius 2 is 1.94 bits per heavy atom. The molecule has 3 heterocycles. The van der Waals surface area contributed by atoms with Crippen LogP contribution < -0.4 is 0 Å². The van der Waals surface area contributed by atoms with Gasteiger partial charge in [-0.2, -0.15) is 13.2 Å². The number of pyridine rings is 1. The smallest absolute Gasteiger partial charge is 0.417 e. The minimum atomic E-state index is -4.55. The number of aliphatic carboxylic acids is 1. The summed E-state index contributed by atoms with van der Waals surface area (Å²) in [5.41, 5.74) is 1.72. The van der Waals surface area contributed by atoms with E-state index in [1.165, 1.54) is 6.20 Å². The van der Waals surface area contributed by atoms with Gasteiger partial charge < -0.3 is 13.9 Å². The Bertz CT molecular complexity index is 1300. The van der Waals surface area contributed by atoms with Crippen molar-refractivity contribution >= 4 is 23.2 Å². The number of nitrogens with zero attached hydrogens (tertiary/aromatic N) is 4. The largest absolute Gasteiger partial charge is 0.481 e. The van der Waals surface area contributed by atoms with E-state index in [2.05, 4.69) is 15.2 Å². The number of hydrogen-bond donors (Lipinski definition) is 1. The summed E-state index contributed by atoms with van der Waals surface area (Å²) in [5, 5.41) is 16.6. The molecule has 31 heavy (non-hydrogen) atoms. The first-order valence-corrected chi connectivity index (χ1v) is 9.40. The molecule has 0 bridgehead atoms. The molecule has 0 amide bonds. The van der Waals surface area contributed by atoms with Crippen LogP contribution in [0, 0.1) is 6.92 Å². The van der Waals surface area contributed by atoms with Gasteiger partial charge in [0.15, 0.2) is 5.65 Å². The SMILES string of the molecule is Cc1cc(CCC(=O)O)ccc1-c1nnc(-c2cn3cc(C(F)(F)F)cc(Cl)c3n2)o1. The van der Waals surface area contributed by atoms with Crippen molar-refractivity contribution in [3.05, 3.63) is 58.4 Å². The van der Waals surface area contributed by atoms with Gasteiger partial charge in [0.25, 0.3) is 5.89 Å². The Morgan fingerprint density at radius 1 is 1.19 bits per heavy atom. The van der Waals surface area contributed by atoms with Gasteiger partial charge >= 0.3 is 12.1 Å². The second-order valence-electron chi connectivity index (χ2n) is 6.89. The van der Waals surface area contributed by atoms with Crippen molar-refractivity contribution in [2.24, 2.45) is 0 Å². The van der Waals surface area contributed by atoms with Crippen molar-refractivity contribution in [1.82, 2.24) is 19.6 Å². The molecule has 0 unspecified atom stereocenters. The van der Waals surface area contributed by atoms with Crippen LogP contribution >= 0.6 is 11.6 Å². The molecule has 0 aliphatic carbocycles. The third-order valence-corrected chi connectivity index (χ3v) is 4.90. The molecule has 0 fully saturated rings. The zero-order valence-electron chi connectivity index (χ0n) is 15.9. The summed E-state index contributed by atoms with van der Waals surface area (Å²) in [7, 11) is 0. The Balaban J connectivity index is 1.65. The topological polar surface area (TPSA) is 93.5 Å². The lowest BCUT2D eigenvalue weighted by molar-refractivity contribution is -0.138. The molecule has 1 N–H and O–H groups in total. The predicted molar refractivity (Wildman–Crippen MR) is 105 cm³/mol. The summed E-state index contributed by atoms with van der Waals surface area (Å²) in [6.45, 7) is 1.83.